The molecule has 6 heteroatoms. The highest BCUT2D eigenvalue weighted by atomic mass is 16.6. The van der Waals surface area contributed by atoms with Crippen molar-refractivity contribution in [2.75, 3.05) is 24.7 Å². The molecular formula is C30H33NO5. The van der Waals surface area contributed by atoms with E-state index < -0.39 is 17.6 Å². The van der Waals surface area contributed by atoms with Crippen LogP contribution < -0.4 is 9.64 Å². The van der Waals surface area contributed by atoms with Crippen LogP contribution >= 0.6 is 0 Å². The van der Waals surface area contributed by atoms with Crippen molar-refractivity contribution in [3.8, 4) is 5.75 Å². The van der Waals surface area contributed by atoms with Gasteiger partial charge in [0.15, 0.2) is 11.8 Å². The highest BCUT2D eigenvalue weighted by molar-refractivity contribution is 6.08. The summed E-state index contributed by atoms with van der Waals surface area (Å²) in [6.07, 6.45) is 2.06. The molecule has 0 radical (unpaired) electrons. The number of cyclic esters (lactones) is 1. The van der Waals surface area contributed by atoms with Crippen LogP contribution in [0.4, 0.5) is 5.69 Å². The maximum atomic E-state index is 13.7. The smallest absolute Gasteiger partial charge is 0.337 e. The van der Waals surface area contributed by atoms with E-state index in [2.05, 4.69) is 0 Å². The first-order chi connectivity index (χ1) is 17.6. The van der Waals surface area contributed by atoms with Crippen molar-refractivity contribution in [2.45, 2.75) is 44.2 Å². The SMILES string of the molecule is CCCN(c1cccc(OCCO)c1)C1C(=O)CC(CCc2ccccc2)(c2ccccc2)OC1=O. The molecule has 6 nitrogen and oxygen atoms in total. The van der Waals surface area contributed by atoms with E-state index in [1.165, 1.54) is 0 Å². The van der Waals surface area contributed by atoms with Crippen LogP contribution in [0.25, 0.3) is 0 Å². The lowest BCUT2D eigenvalue weighted by atomic mass is 9.80. The van der Waals surface area contributed by atoms with E-state index in [0.29, 0.717) is 30.8 Å². The molecule has 1 aliphatic heterocycles. The topological polar surface area (TPSA) is 76.1 Å². The number of aliphatic hydroxyl groups excluding tert-OH is 1. The molecule has 0 aliphatic carbocycles. The van der Waals surface area contributed by atoms with Crippen LogP contribution in [-0.4, -0.2) is 42.7 Å². The molecule has 1 saturated heterocycles. The number of hydrogen-bond donors (Lipinski definition) is 1. The van der Waals surface area contributed by atoms with Gasteiger partial charge in [0.1, 0.15) is 18.0 Å². The van der Waals surface area contributed by atoms with Crippen molar-refractivity contribution in [1.29, 1.82) is 0 Å². The van der Waals surface area contributed by atoms with Crippen molar-refractivity contribution >= 4 is 17.4 Å². The first-order valence-electron chi connectivity index (χ1n) is 12.5. The Kier molecular flexibility index (Phi) is 8.39. The standard InChI is InChI=1S/C30H33NO5/c1-2-18-31(25-14-9-15-26(21-25)35-20-19-32)28-27(33)22-30(36-29(28)34,24-12-7-4-8-13-24)17-16-23-10-5-3-6-11-23/h3-15,21,28,32H,2,16-20,22H2,1H3. The Hall–Kier alpha value is -3.64. The summed E-state index contributed by atoms with van der Waals surface area (Å²) in [7, 11) is 0. The number of Topliss-reactive ketones (excluding diaryl/α,β-unsaturated/α-hetero) is 1. The number of hydrogen-bond acceptors (Lipinski definition) is 6. The minimum Gasteiger partial charge on any atom is -0.491 e. The van der Waals surface area contributed by atoms with Crippen molar-refractivity contribution in [2.24, 2.45) is 0 Å². The Labute approximate surface area is 212 Å². The summed E-state index contributed by atoms with van der Waals surface area (Å²) < 4.78 is 11.8. The largest absolute Gasteiger partial charge is 0.491 e. The average molecular weight is 488 g/mol. The van der Waals surface area contributed by atoms with Crippen LogP contribution in [0.5, 0.6) is 5.75 Å². The van der Waals surface area contributed by atoms with Gasteiger partial charge in [0.25, 0.3) is 0 Å². The van der Waals surface area contributed by atoms with Crippen molar-refractivity contribution < 1.29 is 24.2 Å². The zero-order valence-corrected chi connectivity index (χ0v) is 20.6. The van der Waals surface area contributed by atoms with Gasteiger partial charge in [-0.15, -0.1) is 0 Å². The summed E-state index contributed by atoms with van der Waals surface area (Å²) in [6.45, 7) is 2.59. The quantitative estimate of drug-likeness (QED) is 0.313. The zero-order valence-electron chi connectivity index (χ0n) is 20.6. The van der Waals surface area contributed by atoms with E-state index >= 15 is 0 Å². The number of nitrogens with zero attached hydrogens (tertiary/aromatic N) is 1. The fraction of sp³-hybridized carbons (Fsp3) is 0.333. The first-order valence-corrected chi connectivity index (χ1v) is 12.5. The highest BCUT2D eigenvalue weighted by Crippen LogP contribution is 2.40. The Bertz CT molecular complexity index is 1130. The van der Waals surface area contributed by atoms with Gasteiger partial charge in [0.05, 0.1) is 13.0 Å². The second-order valence-corrected chi connectivity index (χ2v) is 9.08. The predicted molar refractivity (Wildman–Crippen MR) is 139 cm³/mol. The molecule has 1 heterocycles. The zero-order chi connectivity index (χ0) is 25.4. The molecule has 36 heavy (non-hydrogen) atoms. The van der Waals surface area contributed by atoms with Crippen molar-refractivity contribution in [3.63, 3.8) is 0 Å². The van der Waals surface area contributed by atoms with Crippen LogP contribution in [0.2, 0.25) is 0 Å². The molecule has 0 amide bonds. The molecule has 2 atom stereocenters. The van der Waals surface area contributed by atoms with Gasteiger partial charge in [-0.2, -0.15) is 0 Å². The Morgan fingerprint density at radius 3 is 2.39 bits per heavy atom. The lowest BCUT2D eigenvalue weighted by Crippen LogP contribution is -2.56. The van der Waals surface area contributed by atoms with E-state index in [-0.39, 0.29) is 25.4 Å². The number of carbonyl (C=O) groups excluding carboxylic acids is 2. The fourth-order valence-corrected chi connectivity index (χ4v) is 4.84. The van der Waals surface area contributed by atoms with Gasteiger partial charge >= 0.3 is 5.97 Å². The van der Waals surface area contributed by atoms with Gasteiger partial charge in [-0.1, -0.05) is 73.7 Å². The second-order valence-electron chi connectivity index (χ2n) is 9.08. The number of benzene rings is 3. The Balaban J connectivity index is 1.63. The van der Waals surface area contributed by atoms with Crippen molar-refractivity contribution in [3.05, 3.63) is 96.1 Å². The third-order valence-corrected chi connectivity index (χ3v) is 6.53. The number of aryl methyl sites for hydroxylation is 1. The Morgan fingerprint density at radius 2 is 1.72 bits per heavy atom. The van der Waals surface area contributed by atoms with E-state index in [1.54, 1.807) is 12.1 Å². The fourth-order valence-electron chi connectivity index (χ4n) is 4.84. The maximum absolute atomic E-state index is 13.7. The van der Waals surface area contributed by atoms with E-state index in [4.69, 9.17) is 14.6 Å². The summed E-state index contributed by atoms with van der Waals surface area (Å²) >= 11 is 0. The molecule has 1 aliphatic rings. The van der Waals surface area contributed by atoms with Gasteiger partial charge in [0, 0.05) is 18.3 Å². The molecule has 3 aromatic carbocycles. The summed E-state index contributed by atoms with van der Waals surface area (Å²) in [5.74, 6) is -0.114. The van der Waals surface area contributed by atoms with E-state index in [9.17, 15) is 9.59 Å². The number of carbonyl (C=O) groups is 2. The summed E-state index contributed by atoms with van der Waals surface area (Å²) in [4.78, 5) is 29.2. The van der Waals surface area contributed by atoms with Gasteiger partial charge < -0.3 is 19.5 Å². The normalized spacial score (nSPS) is 19.6. The van der Waals surface area contributed by atoms with Crippen LogP contribution in [-0.2, 0) is 26.3 Å². The molecular weight excluding hydrogens is 454 g/mol. The number of ether oxygens (including phenoxy) is 2. The molecule has 0 aromatic heterocycles. The van der Waals surface area contributed by atoms with Crippen LogP contribution in [0.15, 0.2) is 84.9 Å². The maximum Gasteiger partial charge on any atom is 0.337 e. The summed E-state index contributed by atoms with van der Waals surface area (Å²) in [6, 6.07) is 25.8. The summed E-state index contributed by atoms with van der Waals surface area (Å²) in [5.41, 5.74) is 1.67. The molecule has 3 aromatic rings. The predicted octanol–water partition coefficient (Wildman–Crippen LogP) is 4.69. The van der Waals surface area contributed by atoms with Crippen LogP contribution in [0, 0.1) is 0 Å². The third kappa shape index (κ3) is 5.77. The highest BCUT2D eigenvalue weighted by Gasteiger charge is 2.49. The number of rotatable bonds is 11. The van der Waals surface area contributed by atoms with Crippen molar-refractivity contribution in [1.82, 2.24) is 0 Å². The molecule has 4 rings (SSSR count). The van der Waals surface area contributed by atoms with E-state index in [0.717, 1.165) is 17.5 Å². The average Bonchev–Trinajstić information content (AvgIpc) is 2.91. The lowest BCUT2D eigenvalue weighted by molar-refractivity contribution is -0.175. The van der Waals surface area contributed by atoms with Crippen LogP contribution in [0.1, 0.15) is 37.3 Å². The van der Waals surface area contributed by atoms with Crippen LogP contribution in [0.3, 0.4) is 0 Å². The van der Waals surface area contributed by atoms with Gasteiger partial charge in [-0.3, -0.25) is 4.79 Å². The number of aliphatic hydroxyl groups is 1. The van der Waals surface area contributed by atoms with E-state index in [1.807, 2.05) is 84.6 Å². The minimum absolute atomic E-state index is 0.0963. The monoisotopic (exact) mass is 487 g/mol. The van der Waals surface area contributed by atoms with Gasteiger partial charge in [-0.05, 0) is 42.5 Å². The van der Waals surface area contributed by atoms with Gasteiger partial charge in [0.2, 0.25) is 0 Å². The Morgan fingerprint density at radius 1 is 1.00 bits per heavy atom. The lowest BCUT2D eigenvalue weighted by Gasteiger charge is -2.42. The first kappa shape index (κ1) is 25.5. The molecule has 0 saturated carbocycles. The molecule has 188 valence electrons. The molecule has 1 fully saturated rings. The minimum atomic E-state index is -1.02. The summed E-state index contributed by atoms with van der Waals surface area (Å²) in [5, 5.41) is 9.08. The number of ketones is 1. The molecule has 2 unspecified atom stereocenters. The molecule has 1 N–H and O–H groups in total. The second kappa shape index (κ2) is 11.9. The molecule has 0 spiro atoms. The number of anilines is 1. The molecule has 0 bridgehead atoms. The van der Waals surface area contributed by atoms with Gasteiger partial charge in [-0.25, -0.2) is 4.79 Å². The number of esters is 1. The third-order valence-electron chi connectivity index (χ3n) is 6.53.